The van der Waals surface area contributed by atoms with E-state index in [0.29, 0.717) is 23.3 Å². The number of nitrogens with one attached hydrogen (secondary N) is 1. The number of hydrogen-bond donors (Lipinski definition) is 2. The second-order valence-electron chi connectivity index (χ2n) is 8.14. The zero-order valence-electron chi connectivity index (χ0n) is 17.9. The van der Waals surface area contributed by atoms with Crippen molar-refractivity contribution in [2.45, 2.75) is 24.7 Å². The zero-order chi connectivity index (χ0) is 23.8. The van der Waals surface area contributed by atoms with Crippen LogP contribution in [0.15, 0.2) is 83.6 Å². The van der Waals surface area contributed by atoms with Gasteiger partial charge in [0.2, 0.25) is 5.95 Å². The summed E-state index contributed by atoms with van der Waals surface area (Å²) in [6, 6.07) is 17.8. The molecule has 2 aromatic carbocycles. The summed E-state index contributed by atoms with van der Waals surface area (Å²) in [6.07, 6.45) is 2.04. The van der Waals surface area contributed by atoms with Crippen molar-refractivity contribution in [2.75, 3.05) is 4.90 Å². The van der Waals surface area contributed by atoms with Crippen LogP contribution in [0.25, 0.3) is 0 Å². The fourth-order valence-corrected chi connectivity index (χ4v) is 4.79. The summed E-state index contributed by atoms with van der Waals surface area (Å²) in [5.41, 5.74) is 8.99. The van der Waals surface area contributed by atoms with Gasteiger partial charge in [-0.3, -0.25) is 19.8 Å². The number of carbonyl (C=O) groups excluding carboxylic acids is 1. The third kappa shape index (κ3) is 3.40. The number of carbonyl (C=O) groups is 1. The van der Waals surface area contributed by atoms with E-state index in [1.54, 1.807) is 17.0 Å². The van der Waals surface area contributed by atoms with Crippen molar-refractivity contribution >= 4 is 17.4 Å². The maximum Gasteiger partial charge on any atom is 0.269 e. The molecule has 34 heavy (non-hydrogen) atoms. The Morgan fingerprint density at radius 3 is 2.59 bits per heavy atom. The second kappa shape index (κ2) is 8.29. The Morgan fingerprint density at radius 1 is 1.15 bits per heavy atom. The van der Waals surface area contributed by atoms with Crippen molar-refractivity contribution in [2.24, 2.45) is 5.73 Å². The fraction of sp³-hybridized carbons (Fsp3) is 0.167. The average molecular weight is 453 g/mol. The molecule has 3 N–H and O–H groups in total. The van der Waals surface area contributed by atoms with E-state index in [1.165, 1.54) is 18.5 Å². The number of aromatic amines is 1. The molecule has 0 bridgehead atoms. The first-order chi connectivity index (χ1) is 16.5. The van der Waals surface area contributed by atoms with Crippen LogP contribution in [-0.4, -0.2) is 25.9 Å². The summed E-state index contributed by atoms with van der Waals surface area (Å²) in [4.78, 5) is 30.3. The molecule has 10 nitrogen and oxygen atoms in total. The van der Waals surface area contributed by atoms with Crippen LogP contribution in [0.3, 0.4) is 0 Å². The van der Waals surface area contributed by atoms with Crippen molar-refractivity contribution in [3.63, 3.8) is 0 Å². The van der Waals surface area contributed by atoms with Gasteiger partial charge in [-0.15, -0.1) is 0 Å². The molecule has 2 aliphatic rings. The van der Waals surface area contributed by atoms with Crippen molar-refractivity contribution in [3.8, 4) is 6.07 Å². The molecule has 0 radical (unpaired) electrons. The average Bonchev–Trinajstić information content (AvgIpc) is 3.38. The number of anilines is 1. The van der Waals surface area contributed by atoms with Gasteiger partial charge < -0.3 is 5.73 Å². The van der Waals surface area contributed by atoms with Crippen molar-refractivity contribution in [1.29, 1.82) is 5.26 Å². The third-order valence-corrected chi connectivity index (χ3v) is 6.27. The minimum absolute atomic E-state index is 0.0972. The number of benzene rings is 2. The van der Waals surface area contributed by atoms with E-state index in [4.69, 9.17) is 5.73 Å². The molecule has 10 heteroatoms. The molecule has 0 saturated heterocycles. The minimum atomic E-state index is -0.816. The Labute approximate surface area is 194 Å². The van der Waals surface area contributed by atoms with Gasteiger partial charge in [0.15, 0.2) is 5.78 Å². The van der Waals surface area contributed by atoms with Crippen LogP contribution in [-0.2, 0) is 4.79 Å². The number of H-pyrrole nitrogens is 1. The van der Waals surface area contributed by atoms with Crippen LogP contribution in [0.4, 0.5) is 11.6 Å². The second-order valence-corrected chi connectivity index (χ2v) is 8.14. The Bertz CT molecular complexity index is 1390. The Balaban J connectivity index is 1.72. The number of rotatable bonds is 4. The summed E-state index contributed by atoms with van der Waals surface area (Å²) in [5, 5.41) is 28.1. The highest BCUT2D eigenvalue weighted by Crippen LogP contribution is 2.48. The molecule has 1 aromatic heterocycles. The molecular formula is C24H19N7O3. The van der Waals surface area contributed by atoms with E-state index in [1.807, 2.05) is 30.3 Å². The Morgan fingerprint density at radius 2 is 1.91 bits per heavy atom. The monoisotopic (exact) mass is 453 g/mol. The molecule has 1 aliphatic carbocycles. The van der Waals surface area contributed by atoms with Gasteiger partial charge in [0.05, 0.1) is 22.5 Å². The van der Waals surface area contributed by atoms with Crippen LogP contribution >= 0.6 is 0 Å². The maximum absolute atomic E-state index is 13.7. The molecule has 0 amide bonds. The van der Waals surface area contributed by atoms with Crippen LogP contribution in [0, 0.1) is 21.4 Å². The number of ketones is 1. The normalized spacial score (nSPS) is 20.2. The number of allylic oxidation sites excluding steroid dienone is 3. The van der Waals surface area contributed by atoms with Gasteiger partial charge in [-0.05, 0) is 23.5 Å². The first-order valence-corrected chi connectivity index (χ1v) is 10.6. The first-order valence-electron chi connectivity index (χ1n) is 10.6. The lowest BCUT2D eigenvalue weighted by Crippen LogP contribution is -2.40. The highest BCUT2D eigenvalue weighted by Gasteiger charge is 2.43. The number of nitrogens with two attached hydrogens (primary N) is 1. The lowest BCUT2D eigenvalue weighted by molar-refractivity contribution is -0.384. The predicted molar refractivity (Wildman–Crippen MR) is 122 cm³/mol. The Hall–Kier alpha value is -4.78. The van der Waals surface area contributed by atoms with E-state index in [2.05, 4.69) is 21.3 Å². The summed E-state index contributed by atoms with van der Waals surface area (Å²) in [7, 11) is 0. The van der Waals surface area contributed by atoms with Gasteiger partial charge >= 0.3 is 0 Å². The van der Waals surface area contributed by atoms with E-state index in [-0.39, 0.29) is 41.2 Å². The summed E-state index contributed by atoms with van der Waals surface area (Å²) >= 11 is 0. The first kappa shape index (κ1) is 21.1. The zero-order valence-corrected chi connectivity index (χ0v) is 17.9. The Kier molecular flexibility index (Phi) is 5.14. The SMILES string of the molecule is N#CC1=C(N)N(c2ncn[nH]2)C2=C(C(=O)CC(c3ccccc3)C2)C1c1cccc([N+](=O)[O-])c1. The lowest BCUT2D eigenvalue weighted by Gasteiger charge is -2.40. The molecular weight excluding hydrogens is 434 g/mol. The van der Waals surface area contributed by atoms with Gasteiger partial charge in [0, 0.05) is 29.8 Å². The number of non-ortho nitro benzene ring substituents is 1. The van der Waals surface area contributed by atoms with Crippen LogP contribution in [0.2, 0.25) is 0 Å². The molecule has 168 valence electrons. The molecule has 1 aliphatic heterocycles. The van der Waals surface area contributed by atoms with Gasteiger partial charge in [0.25, 0.3) is 5.69 Å². The standard InChI is InChI=1S/C24H19N7O3/c25-12-18-21(15-7-4-8-17(9-15)31(33)34)22-19(30(23(18)26)24-27-13-28-29-24)10-16(11-20(22)32)14-5-2-1-3-6-14/h1-9,13,16,21H,10-11,26H2,(H,27,28,29). The van der Waals surface area contributed by atoms with E-state index in [9.17, 15) is 20.2 Å². The highest BCUT2D eigenvalue weighted by atomic mass is 16.6. The number of nitro benzene ring substituents is 1. The van der Waals surface area contributed by atoms with Crippen molar-refractivity contribution < 1.29 is 9.72 Å². The highest BCUT2D eigenvalue weighted by molar-refractivity contribution is 6.01. The largest absolute Gasteiger partial charge is 0.384 e. The summed E-state index contributed by atoms with van der Waals surface area (Å²) in [6.45, 7) is 0. The molecule has 2 unspecified atom stereocenters. The molecule has 3 aromatic rings. The van der Waals surface area contributed by atoms with Crippen LogP contribution in [0.5, 0.6) is 0 Å². The van der Waals surface area contributed by atoms with E-state index < -0.39 is 10.8 Å². The number of hydrogen-bond acceptors (Lipinski definition) is 8. The van der Waals surface area contributed by atoms with Gasteiger partial charge in [0.1, 0.15) is 12.1 Å². The summed E-state index contributed by atoms with van der Waals surface area (Å²) < 4.78 is 0. The minimum Gasteiger partial charge on any atom is -0.384 e. The van der Waals surface area contributed by atoms with Crippen LogP contribution < -0.4 is 10.6 Å². The summed E-state index contributed by atoms with van der Waals surface area (Å²) in [5.74, 6) is -0.660. The molecule has 2 atom stereocenters. The van der Waals surface area contributed by atoms with E-state index in [0.717, 1.165) is 5.56 Å². The quantitative estimate of drug-likeness (QED) is 0.450. The maximum atomic E-state index is 13.7. The van der Waals surface area contributed by atoms with Crippen molar-refractivity contribution in [3.05, 3.63) is 105 Å². The smallest absolute Gasteiger partial charge is 0.269 e. The number of nitro groups is 1. The molecule has 0 spiro atoms. The molecule has 2 heterocycles. The molecule has 0 saturated carbocycles. The number of Topliss-reactive ketones (excluding diaryl/α,β-unsaturated/α-hetero) is 1. The lowest BCUT2D eigenvalue weighted by atomic mass is 9.72. The number of nitriles is 1. The van der Waals surface area contributed by atoms with Crippen LogP contribution in [0.1, 0.15) is 35.8 Å². The predicted octanol–water partition coefficient (Wildman–Crippen LogP) is 3.41. The third-order valence-electron chi connectivity index (χ3n) is 6.27. The number of nitrogens with zero attached hydrogens (tertiary/aromatic N) is 5. The van der Waals surface area contributed by atoms with Crippen molar-refractivity contribution in [1.82, 2.24) is 15.2 Å². The van der Waals surface area contributed by atoms with E-state index >= 15 is 0 Å². The van der Waals surface area contributed by atoms with Gasteiger partial charge in [-0.1, -0.05) is 42.5 Å². The number of aromatic nitrogens is 3. The molecule has 5 rings (SSSR count). The van der Waals surface area contributed by atoms with Gasteiger partial charge in [-0.25, -0.2) is 5.10 Å². The fourth-order valence-electron chi connectivity index (χ4n) is 4.79. The topological polar surface area (TPSA) is 155 Å². The van der Waals surface area contributed by atoms with Gasteiger partial charge in [-0.2, -0.15) is 15.3 Å². The molecule has 0 fully saturated rings.